The quantitative estimate of drug-likeness (QED) is 0.0675. The number of furan rings is 5. The second kappa shape index (κ2) is 42.3. The fourth-order valence-electron chi connectivity index (χ4n) is 19.6. The fraction of sp³-hybridized carbons (Fsp3) is 0.375. The van der Waals surface area contributed by atoms with Gasteiger partial charge in [-0.15, -0.1) is 0 Å². The van der Waals surface area contributed by atoms with Crippen molar-refractivity contribution in [1.29, 1.82) is 0 Å². The number of benzene rings is 5. The number of aryl methyl sites for hydroxylation is 17. The molecule has 20 aromatic rings. The first-order chi connectivity index (χ1) is 75.4. The van der Waals surface area contributed by atoms with Crippen molar-refractivity contribution >= 4 is 110 Å². The number of aromatic nitrogens is 10. The van der Waals surface area contributed by atoms with Crippen LogP contribution in [0.3, 0.4) is 0 Å². The Morgan fingerprint density at radius 3 is 0.664 bits per heavy atom. The highest BCUT2D eigenvalue weighted by Crippen LogP contribution is 2.46. The van der Waals surface area contributed by atoms with E-state index in [2.05, 4.69) is 152 Å². The van der Waals surface area contributed by atoms with Crippen molar-refractivity contribution in [2.45, 2.75) is 286 Å². The second-order valence-electron chi connectivity index (χ2n) is 40.1. The van der Waals surface area contributed by atoms with Crippen LogP contribution >= 0.6 is 0 Å². The van der Waals surface area contributed by atoms with Gasteiger partial charge in [-0.3, -0.25) is 0 Å². The summed E-state index contributed by atoms with van der Waals surface area (Å²) in [5, 5.41) is 9.70. The molecular weight excluding hydrogens is 1760 g/mol. The van der Waals surface area contributed by atoms with Gasteiger partial charge in [-0.1, -0.05) is 220 Å². The van der Waals surface area contributed by atoms with Gasteiger partial charge in [0.1, 0.15) is 35.2 Å². The first kappa shape index (κ1) is 79.1. The standard InChI is InChI=1S/3C26H31N2O.2C25H29N2O/c3*1-8-18-14-28(7)23(13-21(18)15(2)3)24-17(6)9-10-19-20-11-12-22(16(4)5)27-26(20)29-25(19)24;2*1-7-17-14-27(6)22(13-21(17)15(3)4)23-16(5)9-11-19-20-12-10-18(8-2)26-25(20)28-24(19)23/h3*9-16H,8H2,1-7H3;2*9-15H,7-8H2,1-6H3/q5*+1/i1D3,8D2,15D;8D2,15D;8D2;1D3,7D2,15D;7D2,15D. The van der Waals surface area contributed by atoms with E-state index in [9.17, 15) is 0 Å². The zero-order chi connectivity index (χ0) is 120. The molecule has 0 radical (unpaired) electrons. The normalized spacial score (nSPS) is 15.0. The van der Waals surface area contributed by atoms with E-state index in [1.54, 1.807) is 112 Å². The Kier molecular flexibility index (Phi) is 23.4. The molecule has 20 rings (SSSR count). The van der Waals surface area contributed by atoms with E-state index in [0.717, 1.165) is 196 Å². The molecule has 0 aliphatic rings. The highest BCUT2D eigenvalue weighted by Gasteiger charge is 2.32. The van der Waals surface area contributed by atoms with Crippen LogP contribution < -0.4 is 22.8 Å². The Bertz CT molecular complexity index is 9260. The number of rotatable bonds is 20. The van der Waals surface area contributed by atoms with Gasteiger partial charge in [-0.2, -0.15) is 0 Å². The summed E-state index contributed by atoms with van der Waals surface area (Å²) in [6, 6.07) is 50.5. The van der Waals surface area contributed by atoms with Crippen LogP contribution in [0.25, 0.3) is 167 Å². The maximum atomic E-state index is 8.70. The van der Waals surface area contributed by atoms with E-state index in [1.807, 2.05) is 155 Å². The van der Waals surface area contributed by atoms with Gasteiger partial charge in [0, 0.05) is 168 Å². The van der Waals surface area contributed by atoms with Crippen LogP contribution in [0, 0.1) is 34.6 Å². The van der Waals surface area contributed by atoms with Gasteiger partial charge in [-0.25, -0.2) is 47.8 Å². The molecule has 5 aromatic carbocycles. The molecule has 143 heavy (non-hydrogen) atoms. The molecule has 738 valence electrons. The summed E-state index contributed by atoms with van der Waals surface area (Å²) < 4.78 is 206. The average molecular weight is 1930 g/mol. The Hall–Kier alpha value is -13.4. The smallest absolute Gasteiger partial charge is 0.227 e. The van der Waals surface area contributed by atoms with E-state index in [1.165, 1.54) is 12.4 Å². The highest BCUT2D eigenvalue weighted by atomic mass is 16.4. The molecule has 15 heteroatoms. The minimum Gasteiger partial charge on any atom is -0.437 e. The SMILES string of the molecule is [2H]C(C)(C)c1cc(-c2c(C)ccc3c2oc2nc(C(C)C)ccc23)[n+](C)cc1C([2H])([2H])C([2H])([2H])[2H].[2H]C(C)(C)c1cc(-c2c(C)ccc3c2oc2nc(CC)ccc23)[n+](C)cc1C([2H])([2H])C([2H])([2H])[2H].[2H]C([2H])(C)c1c[n+](C)c(-c2c(C)ccc3c2oc2nc(C(C)C)ccc23)cc1C(C)C.[2H]C([2H])(C)c1c[n+](C)c(-c2c(C)ccc3c2oc2nc(C(C)C)ccc23)cc1C([2H])(C)C.[2H]C([2H])(C)c1c[n+](C)c(-c2c(C)ccc3c2oc2nc(CC)ccc23)cc1C([2H])(C)C. The molecule has 0 unspecified atom stereocenters. The molecule has 0 N–H and O–H groups in total. The lowest BCUT2D eigenvalue weighted by Crippen LogP contribution is -2.32. The lowest BCUT2D eigenvalue weighted by molar-refractivity contribution is -0.661. The maximum absolute atomic E-state index is 8.70. The first-order valence-electron chi connectivity index (χ1n) is 59.8. The summed E-state index contributed by atoms with van der Waals surface area (Å²) in [4.78, 5) is 23.5. The molecule has 15 aromatic heterocycles. The van der Waals surface area contributed by atoms with Crippen LogP contribution in [0.15, 0.2) is 205 Å². The van der Waals surface area contributed by atoms with Crippen LogP contribution in [-0.4, -0.2) is 24.9 Å². The van der Waals surface area contributed by atoms with Crippen molar-refractivity contribution in [3.8, 4) is 56.3 Å². The molecule has 0 spiro atoms. The third kappa shape index (κ3) is 19.8. The van der Waals surface area contributed by atoms with Crippen LogP contribution in [0.2, 0.25) is 0 Å². The number of nitrogens with zero attached hydrogens (tertiary/aromatic N) is 10. The van der Waals surface area contributed by atoms with Gasteiger partial charge >= 0.3 is 0 Å². The Balaban J connectivity index is 0.000000143. The van der Waals surface area contributed by atoms with Gasteiger partial charge < -0.3 is 22.1 Å². The van der Waals surface area contributed by atoms with Crippen molar-refractivity contribution in [2.75, 3.05) is 0 Å². The van der Waals surface area contributed by atoms with E-state index in [-0.39, 0.29) is 23.0 Å². The van der Waals surface area contributed by atoms with Crippen LogP contribution in [0.5, 0.6) is 0 Å². The first-order valence-corrected chi connectivity index (χ1v) is 49.8. The maximum Gasteiger partial charge on any atom is 0.227 e. The van der Waals surface area contributed by atoms with Crippen molar-refractivity contribution in [1.82, 2.24) is 24.9 Å². The van der Waals surface area contributed by atoms with Crippen LogP contribution in [-0.2, 0) is 79.9 Å². The molecule has 0 saturated heterocycles. The van der Waals surface area contributed by atoms with Crippen molar-refractivity contribution in [3.05, 3.63) is 295 Å². The number of hydrogen-bond donors (Lipinski definition) is 0. The molecule has 0 saturated carbocycles. The summed E-state index contributed by atoms with van der Waals surface area (Å²) in [5.74, 6) is -3.26. The molecule has 0 bridgehead atoms. The summed E-state index contributed by atoms with van der Waals surface area (Å²) in [5.41, 5.74) is 30.2. The Labute approximate surface area is 875 Å². The van der Waals surface area contributed by atoms with E-state index >= 15 is 0 Å². The highest BCUT2D eigenvalue weighted by molar-refractivity contribution is 6.13. The van der Waals surface area contributed by atoms with Gasteiger partial charge in [0.15, 0.2) is 58.9 Å². The van der Waals surface area contributed by atoms with Gasteiger partial charge in [0.2, 0.25) is 57.0 Å². The van der Waals surface area contributed by atoms with Gasteiger partial charge in [0.05, 0.1) is 27.8 Å². The monoisotopic (exact) mass is 1930 g/mol. The van der Waals surface area contributed by atoms with Crippen LogP contribution in [0.4, 0.5) is 0 Å². The molecule has 0 aliphatic carbocycles. The lowest BCUT2D eigenvalue weighted by Gasteiger charge is -2.13. The molecule has 15 heterocycles. The largest absolute Gasteiger partial charge is 0.437 e. The fourth-order valence-corrected chi connectivity index (χ4v) is 19.6. The molecule has 15 nitrogen and oxygen atoms in total. The van der Waals surface area contributed by atoms with Gasteiger partial charge in [-0.05, 0) is 243 Å². The second-order valence-corrected chi connectivity index (χ2v) is 40.1. The van der Waals surface area contributed by atoms with E-state index in [4.69, 9.17) is 64.5 Å². The predicted octanol–water partition coefficient (Wildman–Crippen LogP) is 31.8. The molecule has 0 amide bonds. The Morgan fingerprint density at radius 1 is 0.259 bits per heavy atom. The van der Waals surface area contributed by atoms with Crippen molar-refractivity contribution < 1.29 is 72.3 Å². The summed E-state index contributed by atoms with van der Waals surface area (Å²) in [6.45, 7) is 43.8. The predicted molar refractivity (Wildman–Crippen MR) is 593 cm³/mol. The lowest BCUT2D eigenvalue weighted by atomic mass is 9.93. The topological polar surface area (TPSA) is 150 Å². The third-order valence-corrected chi connectivity index (χ3v) is 27.8. The zero-order valence-corrected chi connectivity index (χ0v) is 89.1. The molecule has 0 atom stereocenters. The van der Waals surface area contributed by atoms with Crippen molar-refractivity contribution in [2.24, 2.45) is 35.2 Å². The number of hydrogen-bond acceptors (Lipinski definition) is 10. The van der Waals surface area contributed by atoms with E-state index in [0.29, 0.717) is 96.3 Å². The zero-order valence-electron chi connectivity index (χ0n) is 109. The number of pyridine rings is 10. The molecule has 0 aliphatic heterocycles. The summed E-state index contributed by atoms with van der Waals surface area (Å²) in [7, 11) is 9.32. The Morgan fingerprint density at radius 2 is 0.462 bits per heavy atom. The summed E-state index contributed by atoms with van der Waals surface area (Å²) >= 11 is 0. The minimum atomic E-state index is -2.88. The van der Waals surface area contributed by atoms with Crippen molar-refractivity contribution in [3.63, 3.8) is 0 Å². The third-order valence-electron chi connectivity index (χ3n) is 27.8. The molecule has 0 fully saturated rings. The summed E-state index contributed by atoms with van der Waals surface area (Å²) in [6.07, 6.45) is 0.462. The van der Waals surface area contributed by atoms with Gasteiger partial charge in [0.25, 0.3) is 0 Å². The van der Waals surface area contributed by atoms with Crippen LogP contribution in [0.1, 0.15) is 346 Å². The number of fused-ring (bicyclic) bond motifs is 15. The average Bonchev–Trinajstić information content (AvgIpc) is 1.32. The molecular formula is C128H151N10O5+5. The minimum absolute atomic E-state index is 0.0116. The van der Waals surface area contributed by atoms with E-state index < -0.39 is 69.1 Å².